The van der Waals surface area contributed by atoms with Crippen molar-refractivity contribution in [2.75, 3.05) is 7.11 Å². The number of aromatic nitrogens is 2. The number of hydrogen-bond donors (Lipinski definition) is 0. The van der Waals surface area contributed by atoms with Crippen LogP contribution in [0, 0.1) is 0 Å². The van der Waals surface area contributed by atoms with Crippen LogP contribution in [0.3, 0.4) is 0 Å². The molecule has 0 saturated carbocycles. The Morgan fingerprint density at radius 1 is 1.21 bits per heavy atom. The van der Waals surface area contributed by atoms with Crippen molar-refractivity contribution in [3.8, 4) is 11.6 Å². The lowest BCUT2D eigenvalue weighted by molar-refractivity contribution is 0.184. The Labute approximate surface area is 117 Å². The molecule has 19 heavy (non-hydrogen) atoms. The largest absolute Gasteiger partial charge is 0.439 e. The molecule has 100 valence electrons. The predicted octanol–water partition coefficient (Wildman–Crippen LogP) is 3.63. The fraction of sp³-hybridized carbons (Fsp3) is 0.286. The molecule has 0 saturated heterocycles. The lowest BCUT2D eigenvalue weighted by Crippen LogP contribution is -1.97. The monoisotopic (exact) mass is 278 g/mol. The number of ether oxygens (including phenoxy) is 2. The van der Waals surface area contributed by atoms with Crippen LogP contribution in [0.2, 0.25) is 5.15 Å². The second-order valence-corrected chi connectivity index (χ2v) is 4.37. The summed E-state index contributed by atoms with van der Waals surface area (Å²) < 4.78 is 10.8. The van der Waals surface area contributed by atoms with Gasteiger partial charge in [0.1, 0.15) is 16.7 Å². The molecule has 0 unspecified atom stereocenters. The lowest BCUT2D eigenvalue weighted by Gasteiger charge is -2.07. The van der Waals surface area contributed by atoms with Gasteiger partial charge in [-0.1, -0.05) is 30.7 Å². The average molecular weight is 279 g/mol. The molecule has 0 fully saturated rings. The molecule has 1 heterocycles. The van der Waals surface area contributed by atoms with Crippen LogP contribution in [-0.2, 0) is 17.8 Å². The molecule has 0 aliphatic rings. The minimum absolute atomic E-state index is 0.384. The van der Waals surface area contributed by atoms with Crippen molar-refractivity contribution in [3.05, 3.63) is 46.9 Å². The molecule has 0 aliphatic heterocycles. The zero-order valence-corrected chi connectivity index (χ0v) is 11.6. The minimum atomic E-state index is 0.384. The van der Waals surface area contributed by atoms with E-state index in [1.165, 1.54) is 0 Å². The third kappa shape index (κ3) is 3.91. The fourth-order valence-electron chi connectivity index (χ4n) is 1.64. The van der Waals surface area contributed by atoms with Crippen LogP contribution in [0.25, 0.3) is 0 Å². The van der Waals surface area contributed by atoms with E-state index in [4.69, 9.17) is 21.1 Å². The van der Waals surface area contributed by atoms with Crippen molar-refractivity contribution in [3.63, 3.8) is 0 Å². The molecule has 5 heteroatoms. The Morgan fingerprint density at radius 3 is 2.79 bits per heavy atom. The summed E-state index contributed by atoms with van der Waals surface area (Å²) in [5, 5.41) is 0.384. The Morgan fingerprint density at radius 2 is 2.05 bits per heavy atom. The molecule has 1 aromatic carbocycles. The second kappa shape index (κ2) is 6.50. The van der Waals surface area contributed by atoms with Crippen LogP contribution >= 0.6 is 11.6 Å². The van der Waals surface area contributed by atoms with E-state index in [1.54, 1.807) is 13.2 Å². The van der Waals surface area contributed by atoms with E-state index in [-0.39, 0.29) is 0 Å². The zero-order valence-electron chi connectivity index (χ0n) is 10.9. The summed E-state index contributed by atoms with van der Waals surface area (Å²) in [5.74, 6) is 1.81. The highest BCUT2D eigenvalue weighted by Crippen LogP contribution is 2.23. The smallest absolute Gasteiger partial charge is 0.224 e. The number of benzene rings is 1. The van der Waals surface area contributed by atoms with E-state index in [1.807, 2.05) is 31.2 Å². The number of nitrogens with zero attached hydrogens (tertiary/aromatic N) is 2. The van der Waals surface area contributed by atoms with Gasteiger partial charge in [0.05, 0.1) is 6.61 Å². The van der Waals surface area contributed by atoms with Crippen molar-refractivity contribution in [1.82, 2.24) is 9.97 Å². The second-order valence-electron chi connectivity index (χ2n) is 3.98. The molecule has 0 bridgehead atoms. The van der Waals surface area contributed by atoms with Crippen LogP contribution < -0.4 is 4.74 Å². The van der Waals surface area contributed by atoms with E-state index >= 15 is 0 Å². The first kappa shape index (κ1) is 13.8. The lowest BCUT2D eigenvalue weighted by atomic mass is 10.2. The Hall–Kier alpha value is -1.65. The highest BCUT2D eigenvalue weighted by molar-refractivity contribution is 6.29. The van der Waals surface area contributed by atoms with E-state index in [0.717, 1.165) is 5.56 Å². The van der Waals surface area contributed by atoms with Gasteiger partial charge in [0.2, 0.25) is 5.88 Å². The topological polar surface area (TPSA) is 44.2 Å². The minimum Gasteiger partial charge on any atom is -0.439 e. The fourth-order valence-corrected chi connectivity index (χ4v) is 1.83. The third-order valence-corrected chi connectivity index (χ3v) is 2.66. The van der Waals surface area contributed by atoms with Gasteiger partial charge in [-0.05, 0) is 17.7 Å². The van der Waals surface area contributed by atoms with Gasteiger partial charge in [0, 0.05) is 19.6 Å². The molecule has 0 aliphatic carbocycles. The summed E-state index contributed by atoms with van der Waals surface area (Å²) >= 11 is 5.92. The maximum atomic E-state index is 5.92. The Bertz CT molecular complexity index is 561. The maximum absolute atomic E-state index is 5.92. The molecule has 0 N–H and O–H groups in total. The van der Waals surface area contributed by atoms with Crippen LogP contribution in [0.4, 0.5) is 0 Å². The van der Waals surface area contributed by atoms with Gasteiger partial charge < -0.3 is 9.47 Å². The van der Waals surface area contributed by atoms with Crippen molar-refractivity contribution in [1.29, 1.82) is 0 Å². The van der Waals surface area contributed by atoms with Crippen LogP contribution in [-0.4, -0.2) is 17.1 Å². The van der Waals surface area contributed by atoms with Gasteiger partial charge in [-0.15, -0.1) is 0 Å². The van der Waals surface area contributed by atoms with Gasteiger partial charge >= 0.3 is 0 Å². The van der Waals surface area contributed by atoms with Crippen LogP contribution in [0.15, 0.2) is 30.3 Å². The summed E-state index contributed by atoms with van der Waals surface area (Å²) in [5.41, 5.74) is 1.04. The van der Waals surface area contributed by atoms with Crippen molar-refractivity contribution in [2.45, 2.75) is 20.0 Å². The van der Waals surface area contributed by atoms with Crippen molar-refractivity contribution >= 4 is 11.6 Å². The van der Waals surface area contributed by atoms with Gasteiger partial charge in [-0.3, -0.25) is 0 Å². The average Bonchev–Trinajstić information content (AvgIpc) is 2.39. The summed E-state index contributed by atoms with van der Waals surface area (Å²) in [4.78, 5) is 8.37. The number of aryl methyl sites for hydroxylation is 1. The van der Waals surface area contributed by atoms with Gasteiger partial charge in [-0.2, -0.15) is 4.98 Å². The van der Waals surface area contributed by atoms with Gasteiger partial charge in [0.15, 0.2) is 0 Å². The summed E-state index contributed by atoms with van der Waals surface area (Å²) in [6.45, 7) is 2.51. The number of halogens is 1. The molecule has 0 atom stereocenters. The van der Waals surface area contributed by atoms with Gasteiger partial charge in [-0.25, -0.2) is 4.98 Å². The molecule has 0 amide bonds. The zero-order chi connectivity index (χ0) is 13.7. The van der Waals surface area contributed by atoms with E-state index in [0.29, 0.717) is 35.6 Å². The first-order valence-electron chi connectivity index (χ1n) is 6.00. The molecular formula is C14H15ClN2O2. The normalized spacial score (nSPS) is 10.5. The standard InChI is InChI=1S/C14H15ClN2O2/c1-3-13-16-12(15)8-14(17-13)19-11-6-4-5-10(7-11)9-18-2/h4-8H,3,9H2,1-2H3. The summed E-state index contributed by atoms with van der Waals surface area (Å²) in [6, 6.07) is 9.25. The first-order chi connectivity index (χ1) is 9.21. The van der Waals surface area contributed by atoms with E-state index in [9.17, 15) is 0 Å². The molecule has 2 rings (SSSR count). The van der Waals surface area contributed by atoms with Gasteiger partial charge in [0.25, 0.3) is 0 Å². The first-order valence-corrected chi connectivity index (χ1v) is 6.38. The van der Waals surface area contributed by atoms with E-state index < -0.39 is 0 Å². The van der Waals surface area contributed by atoms with Crippen LogP contribution in [0.1, 0.15) is 18.3 Å². The van der Waals surface area contributed by atoms with Crippen molar-refractivity contribution < 1.29 is 9.47 Å². The maximum Gasteiger partial charge on any atom is 0.224 e. The highest BCUT2D eigenvalue weighted by atomic mass is 35.5. The van der Waals surface area contributed by atoms with Crippen molar-refractivity contribution in [2.24, 2.45) is 0 Å². The SMILES string of the molecule is CCc1nc(Cl)cc(Oc2cccc(COC)c2)n1. The Kier molecular flexibility index (Phi) is 4.71. The molecule has 0 spiro atoms. The Balaban J connectivity index is 2.20. The quantitative estimate of drug-likeness (QED) is 0.784. The van der Waals surface area contributed by atoms with Crippen LogP contribution in [0.5, 0.6) is 11.6 Å². The number of rotatable bonds is 5. The summed E-state index contributed by atoms with van der Waals surface area (Å²) in [6.07, 6.45) is 0.709. The number of methoxy groups -OCH3 is 1. The molecular weight excluding hydrogens is 264 g/mol. The number of hydrogen-bond acceptors (Lipinski definition) is 4. The summed E-state index contributed by atoms with van der Waals surface area (Å²) in [7, 11) is 1.66. The molecule has 1 aromatic heterocycles. The molecule has 4 nitrogen and oxygen atoms in total. The third-order valence-electron chi connectivity index (χ3n) is 2.47. The highest BCUT2D eigenvalue weighted by Gasteiger charge is 2.05. The predicted molar refractivity (Wildman–Crippen MR) is 73.6 cm³/mol. The van der Waals surface area contributed by atoms with E-state index in [2.05, 4.69) is 9.97 Å². The molecule has 2 aromatic rings. The molecule has 0 radical (unpaired) electrons.